The lowest BCUT2D eigenvalue weighted by molar-refractivity contribution is -0.125. The van der Waals surface area contributed by atoms with Crippen LogP contribution in [0.1, 0.15) is 32.2 Å². The Morgan fingerprint density at radius 2 is 1.83 bits per heavy atom. The van der Waals surface area contributed by atoms with Crippen molar-refractivity contribution in [2.24, 2.45) is 0 Å². The van der Waals surface area contributed by atoms with Crippen LogP contribution in [0.3, 0.4) is 0 Å². The molecule has 0 aliphatic rings. The van der Waals surface area contributed by atoms with Gasteiger partial charge in [0.1, 0.15) is 11.3 Å². The summed E-state index contributed by atoms with van der Waals surface area (Å²) in [5, 5.41) is 4.11. The third kappa shape index (κ3) is 4.32. The Morgan fingerprint density at radius 1 is 1.17 bits per heavy atom. The van der Waals surface area contributed by atoms with E-state index in [-0.39, 0.29) is 5.56 Å². The van der Waals surface area contributed by atoms with Crippen LogP contribution >= 0.6 is 11.6 Å². The fourth-order valence-corrected chi connectivity index (χ4v) is 1.94. The fourth-order valence-electron chi connectivity index (χ4n) is 1.81. The Kier molecular flexibility index (Phi) is 5.54. The number of carbonyl (C=O) groups is 3. The molecule has 0 saturated carbocycles. The van der Waals surface area contributed by atoms with Gasteiger partial charge in [-0.05, 0) is 38.1 Å². The molecular weight excluding hydrogens is 338 g/mol. The fraction of sp³-hybridized carbons (Fsp3) is 0.200. The molecule has 0 unspecified atom stereocenters. The van der Waals surface area contributed by atoms with Crippen molar-refractivity contribution in [1.29, 1.82) is 0 Å². The van der Waals surface area contributed by atoms with Crippen molar-refractivity contribution in [3.63, 3.8) is 0 Å². The molecule has 1 aromatic carbocycles. The van der Waals surface area contributed by atoms with Crippen molar-refractivity contribution in [3.8, 4) is 0 Å². The van der Waals surface area contributed by atoms with Crippen LogP contribution in [0.2, 0.25) is 5.02 Å². The predicted octanol–water partition coefficient (Wildman–Crippen LogP) is 1.56. The molecule has 1 aromatic heterocycles. The lowest BCUT2D eigenvalue weighted by Gasteiger charge is -2.08. The topological polar surface area (TPSA) is 111 Å². The van der Waals surface area contributed by atoms with Gasteiger partial charge in [-0.15, -0.1) is 0 Å². The number of hydrazine groups is 1. The van der Waals surface area contributed by atoms with Gasteiger partial charge < -0.3 is 9.26 Å². The highest BCUT2D eigenvalue weighted by molar-refractivity contribution is 6.30. The first kappa shape index (κ1) is 17.5. The number of aromatic nitrogens is 1. The maximum absolute atomic E-state index is 11.8. The first-order valence-corrected chi connectivity index (χ1v) is 7.21. The molecule has 0 atom stereocenters. The Labute approximate surface area is 142 Å². The molecule has 24 heavy (non-hydrogen) atoms. The Hall–Kier alpha value is -2.87. The van der Waals surface area contributed by atoms with Gasteiger partial charge in [0.25, 0.3) is 11.8 Å². The summed E-state index contributed by atoms with van der Waals surface area (Å²) in [4.78, 5) is 35.2. The highest BCUT2D eigenvalue weighted by Gasteiger charge is 2.20. The van der Waals surface area contributed by atoms with Crippen LogP contribution in [0, 0.1) is 13.8 Å². The van der Waals surface area contributed by atoms with E-state index in [1.807, 2.05) is 0 Å². The lowest BCUT2D eigenvalue weighted by atomic mass is 10.2. The second-order valence-corrected chi connectivity index (χ2v) is 5.22. The number of benzene rings is 1. The molecule has 0 bridgehead atoms. The van der Waals surface area contributed by atoms with Crippen LogP contribution in [0.25, 0.3) is 0 Å². The van der Waals surface area contributed by atoms with E-state index in [1.54, 1.807) is 26.0 Å². The average Bonchev–Trinajstić information content (AvgIpc) is 2.89. The maximum atomic E-state index is 11.8. The van der Waals surface area contributed by atoms with Crippen molar-refractivity contribution in [3.05, 3.63) is 51.9 Å². The van der Waals surface area contributed by atoms with Crippen LogP contribution in [0.5, 0.6) is 0 Å². The van der Waals surface area contributed by atoms with Gasteiger partial charge in [0.05, 0.1) is 5.69 Å². The van der Waals surface area contributed by atoms with Crippen molar-refractivity contribution >= 4 is 29.4 Å². The van der Waals surface area contributed by atoms with E-state index in [9.17, 15) is 14.4 Å². The van der Waals surface area contributed by atoms with Crippen molar-refractivity contribution in [1.82, 2.24) is 16.0 Å². The van der Waals surface area contributed by atoms with Gasteiger partial charge in [0.15, 0.2) is 6.61 Å². The molecule has 2 aromatic rings. The van der Waals surface area contributed by atoms with Crippen LogP contribution in [-0.2, 0) is 9.53 Å². The van der Waals surface area contributed by atoms with E-state index in [4.69, 9.17) is 20.9 Å². The molecule has 0 saturated heterocycles. The number of rotatable bonds is 4. The zero-order chi connectivity index (χ0) is 17.7. The molecule has 0 fully saturated rings. The summed E-state index contributed by atoms with van der Waals surface area (Å²) in [5.41, 5.74) is 5.19. The number of halogens is 1. The Bertz CT molecular complexity index is 750. The van der Waals surface area contributed by atoms with Gasteiger partial charge in [-0.25, -0.2) is 4.79 Å². The zero-order valence-electron chi connectivity index (χ0n) is 12.9. The number of esters is 1. The third-order valence-electron chi connectivity index (χ3n) is 2.99. The highest BCUT2D eigenvalue weighted by atomic mass is 35.5. The van der Waals surface area contributed by atoms with E-state index in [1.165, 1.54) is 12.1 Å². The van der Waals surface area contributed by atoms with Gasteiger partial charge in [0, 0.05) is 10.6 Å². The molecule has 0 radical (unpaired) electrons. The minimum absolute atomic E-state index is 0.174. The van der Waals surface area contributed by atoms with Crippen molar-refractivity contribution < 1.29 is 23.6 Å². The molecule has 2 amide bonds. The minimum atomic E-state index is -0.731. The van der Waals surface area contributed by atoms with E-state index >= 15 is 0 Å². The Balaban J connectivity index is 1.80. The molecule has 8 nitrogen and oxygen atoms in total. The van der Waals surface area contributed by atoms with Crippen LogP contribution in [0.15, 0.2) is 28.8 Å². The quantitative estimate of drug-likeness (QED) is 0.639. The summed E-state index contributed by atoms with van der Waals surface area (Å²) in [6, 6.07) is 6.09. The van der Waals surface area contributed by atoms with Gasteiger partial charge in [-0.3, -0.25) is 20.4 Å². The number of hydrogen-bond acceptors (Lipinski definition) is 6. The summed E-state index contributed by atoms with van der Waals surface area (Å²) < 4.78 is 9.69. The summed E-state index contributed by atoms with van der Waals surface area (Å²) in [7, 11) is 0. The largest absolute Gasteiger partial charge is 0.452 e. The molecule has 126 valence electrons. The smallest absolute Gasteiger partial charge is 0.344 e. The first-order valence-electron chi connectivity index (χ1n) is 6.83. The van der Waals surface area contributed by atoms with Gasteiger partial charge in [-0.2, -0.15) is 0 Å². The molecule has 9 heteroatoms. The number of hydrogen-bond donors (Lipinski definition) is 2. The van der Waals surface area contributed by atoms with Crippen LogP contribution in [-0.4, -0.2) is 29.5 Å². The molecule has 2 rings (SSSR count). The van der Waals surface area contributed by atoms with Gasteiger partial charge in [0.2, 0.25) is 0 Å². The molecule has 0 aliphatic carbocycles. The maximum Gasteiger partial charge on any atom is 0.344 e. The molecule has 2 N–H and O–H groups in total. The van der Waals surface area contributed by atoms with E-state index in [0.717, 1.165) is 0 Å². The van der Waals surface area contributed by atoms with Gasteiger partial charge >= 0.3 is 5.97 Å². The average molecular weight is 352 g/mol. The number of ether oxygens (including phenoxy) is 1. The summed E-state index contributed by atoms with van der Waals surface area (Å²) in [6.07, 6.45) is 0. The summed E-state index contributed by atoms with van der Waals surface area (Å²) in [6.45, 7) is 2.58. The number of nitrogens with zero attached hydrogens (tertiary/aromatic N) is 1. The van der Waals surface area contributed by atoms with E-state index < -0.39 is 24.4 Å². The SMILES string of the molecule is Cc1noc(C)c1C(=O)OCC(=O)NNC(=O)c1ccc(Cl)cc1. The summed E-state index contributed by atoms with van der Waals surface area (Å²) in [5.74, 6) is -1.66. The second kappa shape index (κ2) is 7.60. The number of aryl methyl sites for hydroxylation is 2. The second-order valence-electron chi connectivity index (χ2n) is 4.78. The van der Waals surface area contributed by atoms with Crippen LogP contribution in [0.4, 0.5) is 0 Å². The third-order valence-corrected chi connectivity index (χ3v) is 3.25. The van der Waals surface area contributed by atoms with E-state index in [0.29, 0.717) is 22.0 Å². The predicted molar refractivity (Wildman–Crippen MR) is 83.3 cm³/mol. The van der Waals surface area contributed by atoms with Crippen molar-refractivity contribution in [2.45, 2.75) is 13.8 Å². The molecular formula is C15H14ClN3O5. The normalized spacial score (nSPS) is 10.1. The van der Waals surface area contributed by atoms with E-state index in [2.05, 4.69) is 16.0 Å². The zero-order valence-corrected chi connectivity index (χ0v) is 13.6. The summed E-state index contributed by atoms with van der Waals surface area (Å²) >= 11 is 5.72. The number of nitrogens with one attached hydrogen (secondary N) is 2. The lowest BCUT2D eigenvalue weighted by Crippen LogP contribution is -2.43. The first-order chi connectivity index (χ1) is 11.4. The van der Waals surface area contributed by atoms with Gasteiger partial charge in [-0.1, -0.05) is 16.8 Å². The standard InChI is InChI=1S/C15H14ClN3O5/c1-8-13(9(2)24-19-8)15(22)23-7-12(20)17-18-14(21)10-3-5-11(16)6-4-10/h3-6H,7H2,1-2H3,(H,17,20)(H,18,21). The van der Waals surface area contributed by atoms with Crippen molar-refractivity contribution in [2.75, 3.05) is 6.61 Å². The highest BCUT2D eigenvalue weighted by Crippen LogP contribution is 2.13. The molecule has 1 heterocycles. The number of amides is 2. The number of carbonyl (C=O) groups excluding carboxylic acids is 3. The van der Waals surface area contributed by atoms with Crippen LogP contribution < -0.4 is 10.9 Å². The minimum Gasteiger partial charge on any atom is -0.452 e. The molecule has 0 spiro atoms. The molecule has 0 aliphatic heterocycles. The Morgan fingerprint density at radius 3 is 2.42 bits per heavy atom. The monoisotopic (exact) mass is 351 g/mol.